The fraction of sp³-hybridized carbons (Fsp3) is 0.444. The van der Waals surface area contributed by atoms with Gasteiger partial charge in [-0.05, 0) is 44.2 Å². The Balaban J connectivity index is 1.31. The van der Waals surface area contributed by atoms with Crippen molar-refractivity contribution >= 4 is 11.9 Å². The molecular formula is C27H32N2O6. The molecule has 0 atom stereocenters. The monoisotopic (exact) mass is 480 g/mol. The average molecular weight is 481 g/mol. The van der Waals surface area contributed by atoms with Crippen LogP contribution in [0.1, 0.15) is 33.5 Å². The first kappa shape index (κ1) is 23.7. The van der Waals surface area contributed by atoms with Gasteiger partial charge in [0.1, 0.15) is 29.7 Å². The number of morpholine rings is 1. The highest BCUT2D eigenvalue weighted by atomic mass is 16.5. The molecule has 3 aliphatic rings. The van der Waals surface area contributed by atoms with Crippen molar-refractivity contribution in [1.82, 2.24) is 9.80 Å². The van der Waals surface area contributed by atoms with Crippen molar-refractivity contribution < 1.29 is 28.5 Å². The van der Waals surface area contributed by atoms with Crippen molar-refractivity contribution in [2.75, 3.05) is 60.3 Å². The van der Waals surface area contributed by atoms with Crippen molar-refractivity contribution in [2.45, 2.75) is 19.9 Å². The largest absolute Gasteiger partial charge is 0.497 e. The summed E-state index contributed by atoms with van der Waals surface area (Å²) in [7, 11) is 3.19. The van der Waals surface area contributed by atoms with Gasteiger partial charge in [-0.2, -0.15) is 0 Å². The first-order chi connectivity index (χ1) is 17.1. The summed E-state index contributed by atoms with van der Waals surface area (Å²) < 4.78 is 28.3. The number of carbonyl (C=O) groups excluding carboxylic acids is 1. The van der Waals surface area contributed by atoms with E-state index in [1.165, 1.54) is 0 Å². The third-order valence-corrected chi connectivity index (χ3v) is 6.78. The second-order valence-electron chi connectivity index (χ2n) is 9.05. The van der Waals surface area contributed by atoms with Crippen LogP contribution in [0, 0.1) is 6.92 Å². The first-order valence-corrected chi connectivity index (χ1v) is 12.1. The van der Waals surface area contributed by atoms with Crippen LogP contribution < -0.4 is 18.9 Å². The number of benzene rings is 2. The third kappa shape index (κ3) is 4.87. The molecule has 8 heteroatoms. The molecule has 186 valence electrons. The van der Waals surface area contributed by atoms with Crippen LogP contribution in [0.3, 0.4) is 0 Å². The summed E-state index contributed by atoms with van der Waals surface area (Å²) in [5.74, 6) is 2.83. The smallest absolute Gasteiger partial charge is 0.231 e. The van der Waals surface area contributed by atoms with Crippen LogP contribution >= 0.6 is 0 Å². The van der Waals surface area contributed by atoms with E-state index in [0.29, 0.717) is 29.5 Å². The predicted octanol–water partition coefficient (Wildman–Crippen LogP) is 3.50. The van der Waals surface area contributed by atoms with Crippen LogP contribution in [0.15, 0.2) is 30.0 Å². The third-order valence-electron chi connectivity index (χ3n) is 6.78. The van der Waals surface area contributed by atoms with E-state index in [9.17, 15) is 4.79 Å². The van der Waals surface area contributed by atoms with Crippen LogP contribution in [0.4, 0.5) is 0 Å². The average Bonchev–Trinajstić information content (AvgIpc) is 3.20. The van der Waals surface area contributed by atoms with Gasteiger partial charge in [0.25, 0.3) is 0 Å². The Morgan fingerprint density at radius 1 is 1.03 bits per heavy atom. The Morgan fingerprint density at radius 2 is 1.83 bits per heavy atom. The lowest BCUT2D eigenvalue weighted by Crippen LogP contribution is -2.39. The minimum Gasteiger partial charge on any atom is -0.497 e. The number of Topliss-reactive ketones (excluding diaryl/α,β-unsaturated/α-hetero) is 1. The lowest BCUT2D eigenvalue weighted by Gasteiger charge is -2.31. The molecule has 0 spiro atoms. The number of carbonyl (C=O) groups is 1. The zero-order valence-corrected chi connectivity index (χ0v) is 20.6. The highest BCUT2D eigenvalue weighted by Crippen LogP contribution is 2.43. The molecule has 3 aliphatic heterocycles. The van der Waals surface area contributed by atoms with E-state index in [1.807, 2.05) is 25.1 Å². The molecule has 0 aromatic heterocycles. The molecule has 2 aromatic rings. The molecule has 0 aliphatic carbocycles. The molecule has 35 heavy (non-hydrogen) atoms. The quantitative estimate of drug-likeness (QED) is 0.558. The van der Waals surface area contributed by atoms with Crippen LogP contribution in [0.2, 0.25) is 0 Å². The van der Waals surface area contributed by atoms with E-state index >= 15 is 0 Å². The lowest BCUT2D eigenvalue weighted by atomic mass is 10.00. The van der Waals surface area contributed by atoms with E-state index in [1.54, 1.807) is 26.4 Å². The second kappa shape index (κ2) is 10.3. The van der Waals surface area contributed by atoms with Gasteiger partial charge >= 0.3 is 0 Å². The summed E-state index contributed by atoms with van der Waals surface area (Å²) in [5, 5.41) is 0. The Labute approximate surface area is 206 Å². The van der Waals surface area contributed by atoms with Crippen molar-refractivity contribution in [3.63, 3.8) is 0 Å². The number of ether oxygens (including phenoxy) is 5. The molecular weight excluding hydrogens is 448 g/mol. The SMILES string of the molecule is COc1ccc(/C=C2\Oc3c(cc4c(c3C)OCN(CCCN3CCOCC3)C4)C2=O)c(OC)c1. The number of methoxy groups -OCH3 is 2. The normalized spacial score (nSPS) is 19.2. The molecule has 0 amide bonds. The standard InChI is InChI=1S/C27H32N2O6/c1-18-26-20(16-29(17-34-26)8-4-7-28-9-11-33-12-10-28)13-22-25(30)24(35-27(18)22)14-19-5-6-21(31-2)15-23(19)32-3/h5-6,13-15H,4,7-12,16-17H2,1-3H3/b24-14-. The zero-order valence-electron chi connectivity index (χ0n) is 20.6. The molecule has 2 aromatic carbocycles. The van der Waals surface area contributed by atoms with Crippen LogP contribution in [-0.4, -0.2) is 75.9 Å². The summed E-state index contributed by atoms with van der Waals surface area (Å²) in [6.45, 7) is 8.91. The predicted molar refractivity (Wildman–Crippen MR) is 131 cm³/mol. The van der Waals surface area contributed by atoms with Gasteiger partial charge < -0.3 is 23.7 Å². The minimum atomic E-state index is -0.131. The molecule has 0 N–H and O–H groups in total. The van der Waals surface area contributed by atoms with Gasteiger partial charge in [-0.25, -0.2) is 0 Å². The number of hydrogen-bond donors (Lipinski definition) is 0. The van der Waals surface area contributed by atoms with E-state index in [4.69, 9.17) is 23.7 Å². The zero-order chi connectivity index (χ0) is 24.4. The number of fused-ring (bicyclic) bond motifs is 2. The van der Waals surface area contributed by atoms with E-state index in [0.717, 1.165) is 74.8 Å². The van der Waals surface area contributed by atoms with Gasteiger partial charge in [0.15, 0.2) is 5.76 Å². The van der Waals surface area contributed by atoms with Gasteiger partial charge in [0, 0.05) is 48.9 Å². The van der Waals surface area contributed by atoms with Gasteiger partial charge in [0.05, 0.1) is 33.0 Å². The van der Waals surface area contributed by atoms with Gasteiger partial charge in [-0.3, -0.25) is 14.6 Å². The molecule has 3 heterocycles. The fourth-order valence-corrected chi connectivity index (χ4v) is 4.86. The van der Waals surface area contributed by atoms with Crippen LogP contribution in [-0.2, 0) is 11.3 Å². The Morgan fingerprint density at radius 3 is 2.60 bits per heavy atom. The summed E-state index contributed by atoms with van der Waals surface area (Å²) in [6.07, 6.45) is 2.79. The maximum Gasteiger partial charge on any atom is 0.231 e. The van der Waals surface area contributed by atoms with Crippen molar-refractivity contribution in [2.24, 2.45) is 0 Å². The van der Waals surface area contributed by atoms with Crippen LogP contribution in [0.5, 0.6) is 23.0 Å². The maximum absolute atomic E-state index is 13.3. The summed E-state index contributed by atoms with van der Waals surface area (Å²) in [5.41, 5.74) is 3.22. The Kier molecular flexibility index (Phi) is 6.95. The number of rotatable bonds is 7. The Bertz CT molecular complexity index is 1140. The molecule has 5 rings (SSSR count). The fourth-order valence-electron chi connectivity index (χ4n) is 4.86. The summed E-state index contributed by atoms with van der Waals surface area (Å²) in [4.78, 5) is 18.0. The number of nitrogens with zero attached hydrogens (tertiary/aromatic N) is 2. The Hall–Kier alpha value is -3.07. The first-order valence-electron chi connectivity index (χ1n) is 12.1. The summed E-state index contributed by atoms with van der Waals surface area (Å²) >= 11 is 0. The second-order valence-corrected chi connectivity index (χ2v) is 9.05. The molecule has 0 radical (unpaired) electrons. The highest BCUT2D eigenvalue weighted by Gasteiger charge is 2.33. The maximum atomic E-state index is 13.3. The van der Waals surface area contributed by atoms with Gasteiger partial charge in [-0.1, -0.05) is 0 Å². The lowest BCUT2D eigenvalue weighted by molar-refractivity contribution is 0.0329. The number of allylic oxidation sites excluding steroid dienone is 1. The molecule has 1 saturated heterocycles. The summed E-state index contributed by atoms with van der Waals surface area (Å²) in [6, 6.07) is 7.39. The molecule has 0 unspecified atom stereocenters. The molecule has 0 saturated carbocycles. The van der Waals surface area contributed by atoms with Crippen molar-refractivity contribution in [1.29, 1.82) is 0 Å². The molecule has 0 bridgehead atoms. The number of ketones is 1. The van der Waals surface area contributed by atoms with E-state index in [-0.39, 0.29) is 11.5 Å². The molecule has 8 nitrogen and oxygen atoms in total. The van der Waals surface area contributed by atoms with Crippen molar-refractivity contribution in [3.05, 3.63) is 52.3 Å². The van der Waals surface area contributed by atoms with E-state index in [2.05, 4.69) is 9.80 Å². The van der Waals surface area contributed by atoms with Crippen LogP contribution in [0.25, 0.3) is 6.08 Å². The van der Waals surface area contributed by atoms with E-state index < -0.39 is 0 Å². The molecule has 1 fully saturated rings. The van der Waals surface area contributed by atoms with Crippen molar-refractivity contribution in [3.8, 4) is 23.0 Å². The minimum absolute atomic E-state index is 0.131. The van der Waals surface area contributed by atoms with Gasteiger partial charge in [0.2, 0.25) is 5.78 Å². The van der Waals surface area contributed by atoms with Gasteiger partial charge in [-0.15, -0.1) is 0 Å². The highest BCUT2D eigenvalue weighted by molar-refractivity contribution is 6.15. The number of hydrogen-bond acceptors (Lipinski definition) is 8. The topological polar surface area (TPSA) is 69.7 Å².